The summed E-state index contributed by atoms with van der Waals surface area (Å²) >= 11 is 6.00. The van der Waals surface area contributed by atoms with Crippen LogP contribution in [0.25, 0.3) is 0 Å². The Bertz CT molecular complexity index is 883. The average Bonchev–Trinajstić information content (AvgIpc) is 3.39. The molecule has 9 nitrogen and oxygen atoms in total. The SMILES string of the molecule is Cc1c(Cc2ccc(Cl)cc2)c(O[C@@H]2O[C@H](CO)[C@@H](O)[C@H](O)[C@H]2O)nn1C1CCOC1. The fourth-order valence-corrected chi connectivity index (χ4v) is 4.10. The molecule has 0 spiro atoms. The number of aliphatic hydroxyl groups is 4. The first kappa shape index (κ1) is 22.5. The van der Waals surface area contributed by atoms with Gasteiger partial charge in [0.1, 0.15) is 24.4 Å². The first-order valence-electron chi connectivity index (χ1n) is 10.3. The van der Waals surface area contributed by atoms with Crippen LogP contribution in [0.3, 0.4) is 0 Å². The minimum absolute atomic E-state index is 0.0659. The summed E-state index contributed by atoms with van der Waals surface area (Å²) in [5.41, 5.74) is 2.68. The number of hydrogen-bond donors (Lipinski definition) is 4. The van der Waals surface area contributed by atoms with Gasteiger partial charge in [0, 0.05) is 29.3 Å². The lowest BCUT2D eigenvalue weighted by atomic mass is 9.99. The number of rotatable bonds is 6. The van der Waals surface area contributed by atoms with E-state index in [1.165, 1.54) is 0 Å². The standard InChI is InChI=1S/C21H27ClN2O7/c1-11-15(8-12-2-4-13(22)5-3-12)20(23-24(11)14-6-7-29-10-14)31-21-19(28)18(27)17(26)16(9-25)30-21/h2-5,14,16-19,21,25-28H,6-10H2,1H3/t14?,16-,17-,18+,19-,21+/m1/s1. The number of nitrogens with zero attached hydrogens (tertiary/aromatic N) is 2. The first-order chi connectivity index (χ1) is 14.9. The number of aliphatic hydroxyl groups excluding tert-OH is 4. The molecule has 0 amide bonds. The second-order valence-corrected chi connectivity index (χ2v) is 8.39. The fraction of sp³-hybridized carbons (Fsp3) is 0.571. The molecule has 2 fully saturated rings. The van der Waals surface area contributed by atoms with Crippen LogP contribution in [0.4, 0.5) is 0 Å². The maximum absolute atomic E-state index is 10.4. The second kappa shape index (κ2) is 9.41. The fourth-order valence-electron chi connectivity index (χ4n) is 3.98. The zero-order valence-corrected chi connectivity index (χ0v) is 17.9. The summed E-state index contributed by atoms with van der Waals surface area (Å²) in [5, 5.41) is 45.2. The Hall–Kier alpha value is -1.72. The van der Waals surface area contributed by atoms with E-state index in [2.05, 4.69) is 5.10 Å². The predicted molar refractivity (Wildman–Crippen MR) is 110 cm³/mol. The molecule has 0 bridgehead atoms. The third kappa shape index (κ3) is 4.58. The lowest BCUT2D eigenvalue weighted by Gasteiger charge is -2.39. The normalized spacial score (nSPS) is 31.2. The molecule has 2 aliphatic rings. The van der Waals surface area contributed by atoms with Crippen LogP contribution in [0.2, 0.25) is 5.02 Å². The Morgan fingerprint density at radius 3 is 2.55 bits per heavy atom. The zero-order chi connectivity index (χ0) is 22.1. The third-order valence-corrected chi connectivity index (χ3v) is 6.11. The Labute approximate surface area is 184 Å². The minimum atomic E-state index is -1.53. The van der Waals surface area contributed by atoms with Crippen LogP contribution in [0.5, 0.6) is 5.88 Å². The Kier molecular flexibility index (Phi) is 6.83. The molecule has 170 valence electrons. The third-order valence-electron chi connectivity index (χ3n) is 5.86. The molecule has 0 radical (unpaired) electrons. The zero-order valence-electron chi connectivity index (χ0n) is 17.1. The van der Waals surface area contributed by atoms with Gasteiger partial charge in [-0.1, -0.05) is 23.7 Å². The van der Waals surface area contributed by atoms with Crippen LogP contribution in [0, 0.1) is 6.92 Å². The van der Waals surface area contributed by atoms with E-state index in [1.807, 2.05) is 23.7 Å². The van der Waals surface area contributed by atoms with E-state index in [1.54, 1.807) is 12.1 Å². The van der Waals surface area contributed by atoms with Crippen molar-refractivity contribution < 1.29 is 34.6 Å². The van der Waals surface area contributed by atoms with E-state index in [-0.39, 0.29) is 11.9 Å². The Balaban J connectivity index is 1.65. The molecule has 4 rings (SSSR count). The summed E-state index contributed by atoms with van der Waals surface area (Å²) in [6, 6.07) is 7.50. The van der Waals surface area contributed by atoms with Gasteiger partial charge in [0.25, 0.3) is 0 Å². The molecule has 3 heterocycles. The van der Waals surface area contributed by atoms with Crippen LogP contribution < -0.4 is 4.74 Å². The number of benzene rings is 1. The molecule has 10 heteroatoms. The Morgan fingerprint density at radius 1 is 1.16 bits per heavy atom. The molecule has 31 heavy (non-hydrogen) atoms. The molecule has 2 saturated heterocycles. The minimum Gasteiger partial charge on any atom is -0.443 e. The molecule has 0 aliphatic carbocycles. The molecule has 0 saturated carbocycles. The lowest BCUT2D eigenvalue weighted by molar-refractivity contribution is -0.278. The van der Waals surface area contributed by atoms with E-state index in [4.69, 9.17) is 25.8 Å². The van der Waals surface area contributed by atoms with Crippen LogP contribution in [-0.2, 0) is 15.9 Å². The molecule has 6 atom stereocenters. The number of hydrogen-bond acceptors (Lipinski definition) is 8. The Morgan fingerprint density at radius 2 is 1.90 bits per heavy atom. The number of ether oxygens (including phenoxy) is 3. The quantitative estimate of drug-likeness (QED) is 0.499. The van der Waals surface area contributed by atoms with Gasteiger partial charge < -0.3 is 34.6 Å². The van der Waals surface area contributed by atoms with Gasteiger partial charge in [0.15, 0.2) is 0 Å². The number of halogens is 1. The average molecular weight is 455 g/mol. The first-order valence-corrected chi connectivity index (χ1v) is 10.6. The van der Waals surface area contributed by atoms with Gasteiger partial charge in [0.2, 0.25) is 12.2 Å². The van der Waals surface area contributed by atoms with Crippen molar-refractivity contribution in [3.63, 3.8) is 0 Å². The second-order valence-electron chi connectivity index (χ2n) is 7.95. The monoisotopic (exact) mass is 454 g/mol. The molecule has 2 aromatic rings. The molecule has 2 aliphatic heterocycles. The van der Waals surface area contributed by atoms with Gasteiger partial charge in [-0.3, -0.25) is 4.68 Å². The topological polar surface area (TPSA) is 126 Å². The summed E-state index contributed by atoms with van der Waals surface area (Å²) < 4.78 is 18.8. The summed E-state index contributed by atoms with van der Waals surface area (Å²) in [6.07, 6.45) is -5.53. The van der Waals surface area contributed by atoms with Gasteiger partial charge in [-0.15, -0.1) is 5.10 Å². The van der Waals surface area contributed by atoms with E-state index >= 15 is 0 Å². The maximum Gasteiger partial charge on any atom is 0.239 e. The highest BCUT2D eigenvalue weighted by Gasteiger charge is 2.45. The number of aromatic nitrogens is 2. The molecule has 4 N–H and O–H groups in total. The van der Waals surface area contributed by atoms with Crippen LogP contribution in [0.15, 0.2) is 24.3 Å². The lowest BCUT2D eigenvalue weighted by Crippen LogP contribution is -2.60. The van der Waals surface area contributed by atoms with Crippen molar-refractivity contribution in [2.45, 2.75) is 56.5 Å². The van der Waals surface area contributed by atoms with E-state index in [0.29, 0.717) is 24.7 Å². The van der Waals surface area contributed by atoms with Crippen molar-refractivity contribution in [3.8, 4) is 5.88 Å². The molecule has 1 aromatic carbocycles. The molecule has 1 aromatic heterocycles. The van der Waals surface area contributed by atoms with Gasteiger partial charge in [-0.2, -0.15) is 0 Å². The van der Waals surface area contributed by atoms with Gasteiger partial charge in [-0.25, -0.2) is 0 Å². The van der Waals surface area contributed by atoms with Crippen molar-refractivity contribution in [2.75, 3.05) is 19.8 Å². The van der Waals surface area contributed by atoms with Crippen LogP contribution >= 0.6 is 11.6 Å². The summed E-state index contributed by atoms with van der Waals surface area (Å²) in [7, 11) is 0. The van der Waals surface area contributed by atoms with Crippen LogP contribution in [-0.4, -0.2) is 80.7 Å². The smallest absolute Gasteiger partial charge is 0.239 e. The van der Waals surface area contributed by atoms with Crippen molar-refractivity contribution in [2.24, 2.45) is 0 Å². The highest BCUT2D eigenvalue weighted by molar-refractivity contribution is 6.30. The van der Waals surface area contributed by atoms with Crippen molar-refractivity contribution in [1.29, 1.82) is 0 Å². The highest BCUT2D eigenvalue weighted by atomic mass is 35.5. The van der Waals surface area contributed by atoms with E-state index < -0.39 is 37.3 Å². The summed E-state index contributed by atoms with van der Waals surface area (Å²) in [4.78, 5) is 0. The van der Waals surface area contributed by atoms with Gasteiger partial charge in [0.05, 0.1) is 19.3 Å². The summed E-state index contributed by atoms with van der Waals surface area (Å²) in [5.74, 6) is 0.253. The van der Waals surface area contributed by atoms with Gasteiger partial charge in [-0.05, 0) is 31.0 Å². The van der Waals surface area contributed by atoms with E-state index in [9.17, 15) is 20.4 Å². The predicted octanol–water partition coefficient (Wildman–Crippen LogP) is 0.576. The van der Waals surface area contributed by atoms with Crippen molar-refractivity contribution >= 4 is 11.6 Å². The molecular formula is C21H27ClN2O7. The van der Waals surface area contributed by atoms with Crippen LogP contribution in [0.1, 0.15) is 29.3 Å². The van der Waals surface area contributed by atoms with Crippen molar-refractivity contribution in [1.82, 2.24) is 9.78 Å². The van der Waals surface area contributed by atoms with Gasteiger partial charge >= 0.3 is 0 Å². The van der Waals surface area contributed by atoms with Crippen molar-refractivity contribution in [3.05, 3.63) is 46.1 Å². The van der Waals surface area contributed by atoms with E-state index in [0.717, 1.165) is 23.2 Å². The molecule has 1 unspecified atom stereocenters. The summed E-state index contributed by atoms with van der Waals surface area (Å²) in [6.45, 7) is 2.60. The maximum atomic E-state index is 10.4. The molecular weight excluding hydrogens is 428 g/mol. The largest absolute Gasteiger partial charge is 0.443 e. The highest BCUT2D eigenvalue weighted by Crippen LogP contribution is 2.32.